The van der Waals surface area contributed by atoms with Gasteiger partial charge in [0.15, 0.2) is 0 Å². The van der Waals surface area contributed by atoms with E-state index in [9.17, 15) is 14.4 Å². The van der Waals surface area contributed by atoms with Gasteiger partial charge in [0, 0.05) is 36.8 Å². The van der Waals surface area contributed by atoms with Crippen molar-refractivity contribution in [1.29, 1.82) is 0 Å². The van der Waals surface area contributed by atoms with E-state index in [-0.39, 0.29) is 17.7 Å². The number of carbonyl (C=O) groups excluding carboxylic acids is 3. The fraction of sp³-hybridized carbons (Fsp3) is 0.316. The van der Waals surface area contributed by atoms with Crippen molar-refractivity contribution in [3.8, 4) is 0 Å². The Labute approximate surface area is 180 Å². The maximum Gasteiger partial charge on any atom is 0.262 e. The van der Waals surface area contributed by atoms with Crippen molar-refractivity contribution in [2.45, 2.75) is 13.0 Å². The Hall–Kier alpha value is -1.90. The first-order valence-corrected chi connectivity index (χ1v) is 10.7. The molecule has 0 spiro atoms. The number of hydrogen-bond donors (Lipinski definition) is 1. The van der Waals surface area contributed by atoms with Gasteiger partial charge in [0.1, 0.15) is 6.04 Å². The van der Waals surface area contributed by atoms with E-state index >= 15 is 0 Å². The Morgan fingerprint density at radius 1 is 1.04 bits per heavy atom. The first kappa shape index (κ1) is 20.8. The number of carbonyl (C=O) groups is 3. The molecule has 0 radical (unpaired) electrons. The lowest BCUT2D eigenvalue weighted by atomic mass is 10.1. The van der Waals surface area contributed by atoms with Gasteiger partial charge in [-0.05, 0) is 59.3 Å². The molecule has 1 N–H and O–H groups in total. The number of rotatable bonds is 4. The van der Waals surface area contributed by atoms with Gasteiger partial charge in [0.2, 0.25) is 5.91 Å². The average Bonchev–Trinajstić information content (AvgIpc) is 3.14. The quantitative estimate of drug-likeness (QED) is 0.724. The van der Waals surface area contributed by atoms with Crippen LogP contribution in [0.25, 0.3) is 0 Å². The molecule has 1 aliphatic rings. The third-order valence-electron chi connectivity index (χ3n) is 4.48. The average molecular weight is 485 g/mol. The van der Waals surface area contributed by atoms with E-state index in [0.717, 1.165) is 3.79 Å². The predicted octanol–water partition coefficient (Wildman–Crippen LogP) is 3.27. The summed E-state index contributed by atoms with van der Waals surface area (Å²) in [6.07, 6.45) is 0. The van der Waals surface area contributed by atoms with E-state index in [1.54, 1.807) is 53.1 Å². The molecule has 9 heteroatoms. The molecule has 0 bridgehead atoms. The van der Waals surface area contributed by atoms with Crippen molar-refractivity contribution in [3.63, 3.8) is 0 Å². The van der Waals surface area contributed by atoms with Crippen LogP contribution >= 0.6 is 38.9 Å². The highest BCUT2D eigenvalue weighted by molar-refractivity contribution is 9.11. The smallest absolute Gasteiger partial charge is 0.262 e. The van der Waals surface area contributed by atoms with Gasteiger partial charge < -0.3 is 15.1 Å². The lowest BCUT2D eigenvalue weighted by Gasteiger charge is -2.36. The zero-order valence-corrected chi connectivity index (χ0v) is 18.3. The number of thiophene rings is 1. The normalized spacial score (nSPS) is 15.2. The van der Waals surface area contributed by atoms with E-state index in [0.29, 0.717) is 41.6 Å². The first-order valence-electron chi connectivity index (χ1n) is 8.75. The second-order valence-corrected chi connectivity index (χ2v) is 9.32. The monoisotopic (exact) mass is 483 g/mol. The highest BCUT2D eigenvalue weighted by atomic mass is 79.9. The second kappa shape index (κ2) is 9.07. The first-order chi connectivity index (χ1) is 13.3. The van der Waals surface area contributed by atoms with Crippen LogP contribution in [0.5, 0.6) is 0 Å². The van der Waals surface area contributed by atoms with Gasteiger partial charge in [-0.3, -0.25) is 14.4 Å². The van der Waals surface area contributed by atoms with Gasteiger partial charge in [-0.25, -0.2) is 0 Å². The number of nitrogens with zero attached hydrogens (tertiary/aromatic N) is 2. The second-order valence-electron chi connectivity index (χ2n) is 6.42. The number of amides is 3. The minimum absolute atomic E-state index is 0.0756. The molecule has 6 nitrogen and oxygen atoms in total. The molecular weight excluding hydrogens is 466 g/mol. The SMILES string of the molecule is CC(NC(=O)c1ccc(Br)s1)C(=O)N1CCN(C(=O)c2ccc(Cl)cc2)CC1. The molecular formula is C19H19BrClN3O3S. The molecule has 1 fully saturated rings. The number of hydrogen-bond acceptors (Lipinski definition) is 4. The van der Waals surface area contributed by atoms with Crippen LogP contribution in [-0.2, 0) is 4.79 Å². The summed E-state index contributed by atoms with van der Waals surface area (Å²) in [5.74, 6) is -0.496. The van der Waals surface area contributed by atoms with Gasteiger partial charge in [-0.1, -0.05) is 11.6 Å². The summed E-state index contributed by atoms with van der Waals surface area (Å²) >= 11 is 10.5. The molecule has 1 aromatic heterocycles. The van der Waals surface area contributed by atoms with Crippen molar-refractivity contribution in [2.24, 2.45) is 0 Å². The van der Waals surface area contributed by atoms with E-state index in [4.69, 9.17) is 11.6 Å². The molecule has 3 amide bonds. The molecule has 0 saturated carbocycles. The van der Waals surface area contributed by atoms with Crippen LogP contribution in [0.1, 0.15) is 27.0 Å². The van der Waals surface area contributed by atoms with E-state index in [1.807, 2.05) is 0 Å². The van der Waals surface area contributed by atoms with Crippen LogP contribution in [0.4, 0.5) is 0 Å². The molecule has 148 valence electrons. The Balaban J connectivity index is 1.52. The molecule has 1 aromatic carbocycles. The van der Waals surface area contributed by atoms with Crippen LogP contribution in [0, 0.1) is 0 Å². The third kappa shape index (κ3) is 4.92. The maximum atomic E-state index is 12.6. The third-order valence-corrected chi connectivity index (χ3v) is 6.36. The molecule has 2 heterocycles. The van der Waals surface area contributed by atoms with Crippen LogP contribution in [0.15, 0.2) is 40.2 Å². The predicted molar refractivity (Wildman–Crippen MR) is 113 cm³/mol. The summed E-state index contributed by atoms with van der Waals surface area (Å²) in [6.45, 7) is 3.44. The van der Waals surface area contributed by atoms with Crippen LogP contribution in [0.2, 0.25) is 5.02 Å². The van der Waals surface area contributed by atoms with Gasteiger partial charge in [-0.15, -0.1) is 11.3 Å². The highest BCUT2D eigenvalue weighted by Crippen LogP contribution is 2.22. The van der Waals surface area contributed by atoms with Crippen molar-refractivity contribution in [3.05, 3.63) is 55.6 Å². The Bertz CT molecular complexity index is 879. The van der Waals surface area contributed by atoms with Crippen molar-refractivity contribution < 1.29 is 14.4 Å². The fourth-order valence-electron chi connectivity index (χ4n) is 2.94. The molecule has 1 unspecified atom stereocenters. The van der Waals surface area contributed by atoms with Crippen molar-refractivity contribution in [2.75, 3.05) is 26.2 Å². The van der Waals surface area contributed by atoms with Crippen molar-refractivity contribution in [1.82, 2.24) is 15.1 Å². The number of halogens is 2. The maximum absolute atomic E-state index is 12.6. The summed E-state index contributed by atoms with van der Waals surface area (Å²) in [5, 5.41) is 3.32. The summed E-state index contributed by atoms with van der Waals surface area (Å²) in [4.78, 5) is 41.4. The molecule has 1 aliphatic heterocycles. The van der Waals surface area contributed by atoms with E-state index in [1.165, 1.54) is 11.3 Å². The Kier molecular flexibility index (Phi) is 6.74. The lowest BCUT2D eigenvalue weighted by molar-refractivity contribution is -0.134. The topological polar surface area (TPSA) is 69.7 Å². The van der Waals surface area contributed by atoms with Gasteiger partial charge in [0.25, 0.3) is 11.8 Å². The zero-order valence-electron chi connectivity index (χ0n) is 15.2. The van der Waals surface area contributed by atoms with E-state index in [2.05, 4.69) is 21.2 Å². The summed E-state index contributed by atoms with van der Waals surface area (Å²) in [7, 11) is 0. The molecule has 0 aliphatic carbocycles. The lowest BCUT2D eigenvalue weighted by Crippen LogP contribution is -2.55. The molecule has 28 heavy (non-hydrogen) atoms. The molecule has 1 saturated heterocycles. The molecule has 2 aromatic rings. The van der Waals surface area contributed by atoms with Crippen LogP contribution < -0.4 is 5.32 Å². The van der Waals surface area contributed by atoms with E-state index < -0.39 is 6.04 Å². The Morgan fingerprint density at radius 2 is 1.64 bits per heavy atom. The number of benzene rings is 1. The summed E-state index contributed by atoms with van der Waals surface area (Å²) in [5.41, 5.74) is 0.576. The number of nitrogens with one attached hydrogen (secondary N) is 1. The molecule has 3 rings (SSSR count). The summed E-state index contributed by atoms with van der Waals surface area (Å²) < 4.78 is 0.859. The summed E-state index contributed by atoms with van der Waals surface area (Å²) in [6, 6.07) is 9.64. The Morgan fingerprint density at radius 3 is 2.21 bits per heavy atom. The zero-order chi connectivity index (χ0) is 20.3. The van der Waals surface area contributed by atoms with Gasteiger partial charge >= 0.3 is 0 Å². The molecule has 1 atom stereocenters. The van der Waals surface area contributed by atoms with Gasteiger partial charge in [0.05, 0.1) is 8.66 Å². The van der Waals surface area contributed by atoms with Crippen molar-refractivity contribution >= 4 is 56.6 Å². The number of piperazine rings is 1. The standard InChI is InChI=1S/C19H19BrClN3O3S/c1-12(22-17(25)15-6-7-16(20)28-15)18(26)23-8-10-24(11-9-23)19(27)13-2-4-14(21)5-3-13/h2-7,12H,8-11H2,1H3,(H,22,25). The fourth-order valence-corrected chi connectivity index (χ4v) is 4.36. The van der Waals surface area contributed by atoms with Crippen LogP contribution in [-0.4, -0.2) is 59.7 Å². The van der Waals surface area contributed by atoms with Gasteiger partial charge in [-0.2, -0.15) is 0 Å². The largest absolute Gasteiger partial charge is 0.340 e. The minimum atomic E-state index is -0.633. The highest BCUT2D eigenvalue weighted by Gasteiger charge is 2.28. The minimum Gasteiger partial charge on any atom is -0.340 e. The van der Waals surface area contributed by atoms with Crippen LogP contribution in [0.3, 0.4) is 0 Å².